The van der Waals surface area contributed by atoms with E-state index in [4.69, 9.17) is 5.84 Å². The number of nitrogens with one attached hydrogen (secondary N) is 1. The molecule has 2 heteroatoms. The summed E-state index contributed by atoms with van der Waals surface area (Å²) in [7, 11) is 0. The molecule has 2 atom stereocenters. The van der Waals surface area contributed by atoms with Crippen LogP contribution >= 0.6 is 0 Å². The van der Waals surface area contributed by atoms with Crippen molar-refractivity contribution in [3.8, 4) is 0 Å². The molecule has 1 saturated carbocycles. The van der Waals surface area contributed by atoms with Crippen molar-refractivity contribution in [2.75, 3.05) is 0 Å². The van der Waals surface area contributed by atoms with E-state index < -0.39 is 0 Å². The van der Waals surface area contributed by atoms with Crippen molar-refractivity contribution >= 4 is 0 Å². The van der Waals surface area contributed by atoms with Gasteiger partial charge in [-0.1, -0.05) is 31.9 Å². The summed E-state index contributed by atoms with van der Waals surface area (Å²) in [6.07, 6.45) is 6.22. The second-order valence-electron chi connectivity index (χ2n) is 5.42. The minimum atomic E-state index is 0.345. The van der Waals surface area contributed by atoms with E-state index in [-0.39, 0.29) is 0 Å². The molecular weight excluding hydrogens is 172 g/mol. The second-order valence-corrected chi connectivity index (χ2v) is 5.42. The van der Waals surface area contributed by atoms with E-state index in [2.05, 4.69) is 39.2 Å². The van der Waals surface area contributed by atoms with E-state index >= 15 is 0 Å². The SMILES string of the molecule is CC(C)=CC(NN)C1CCCC1(C)C. The lowest BCUT2D eigenvalue weighted by molar-refractivity contribution is 0.220. The molecule has 0 heterocycles. The molecule has 3 N–H and O–H groups in total. The molecular formula is C12H24N2. The van der Waals surface area contributed by atoms with Crippen LogP contribution in [0.1, 0.15) is 47.0 Å². The van der Waals surface area contributed by atoms with Gasteiger partial charge in [-0.15, -0.1) is 0 Å². The average molecular weight is 196 g/mol. The molecule has 1 rings (SSSR count). The van der Waals surface area contributed by atoms with Crippen LogP contribution in [-0.4, -0.2) is 6.04 Å². The Morgan fingerprint density at radius 2 is 2.14 bits per heavy atom. The molecule has 0 aromatic rings. The van der Waals surface area contributed by atoms with Crippen molar-refractivity contribution in [3.05, 3.63) is 11.6 Å². The maximum absolute atomic E-state index is 5.63. The first-order valence-electron chi connectivity index (χ1n) is 5.58. The summed E-state index contributed by atoms with van der Waals surface area (Å²) in [4.78, 5) is 0. The van der Waals surface area contributed by atoms with Crippen LogP contribution in [0.25, 0.3) is 0 Å². The van der Waals surface area contributed by atoms with Crippen molar-refractivity contribution in [2.45, 2.75) is 53.0 Å². The molecule has 14 heavy (non-hydrogen) atoms. The zero-order valence-electron chi connectivity index (χ0n) is 9.93. The third kappa shape index (κ3) is 2.58. The van der Waals surface area contributed by atoms with Crippen molar-refractivity contribution in [3.63, 3.8) is 0 Å². The lowest BCUT2D eigenvalue weighted by atomic mass is 9.77. The fourth-order valence-electron chi connectivity index (χ4n) is 2.66. The quantitative estimate of drug-likeness (QED) is 0.414. The number of hydrogen-bond acceptors (Lipinski definition) is 2. The highest BCUT2D eigenvalue weighted by Gasteiger charge is 2.38. The van der Waals surface area contributed by atoms with Crippen molar-refractivity contribution < 1.29 is 0 Å². The van der Waals surface area contributed by atoms with Gasteiger partial charge in [0.1, 0.15) is 0 Å². The molecule has 0 aliphatic heterocycles. The summed E-state index contributed by atoms with van der Waals surface area (Å²) in [5.74, 6) is 6.31. The summed E-state index contributed by atoms with van der Waals surface area (Å²) in [5.41, 5.74) is 4.73. The van der Waals surface area contributed by atoms with Gasteiger partial charge in [0.05, 0.1) is 0 Å². The Hall–Kier alpha value is -0.340. The molecule has 1 aliphatic rings. The Morgan fingerprint density at radius 3 is 2.50 bits per heavy atom. The Kier molecular flexibility index (Phi) is 3.73. The van der Waals surface area contributed by atoms with Gasteiger partial charge in [0.15, 0.2) is 0 Å². The van der Waals surface area contributed by atoms with Crippen LogP contribution in [0, 0.1) is 11.3 Å². The smallest absolute Gasteiger partial charge is 0.0426 e. The van der Waals surface area contributed by atoms with E-state index in [1.807, 2.05) is 0 Å². The summed E-state index contributed by atoms with van der Waals surface area (Å²) >= 11 is 0. The molecule has 0 aromatic carbocycles. The fourth-order valence-corrected chi connectivity index (χ4v) is 2.66. The molecule has 1 aliphatic carbocycles. The summed E-state index contributed by atoms with van der Waals surface area (Å²) in [6, 6.07) is 0.345. The largest absolute Gasteiger partial charge is 0.271 e. The monoisotopic (exact) mass is 196 g/mol. The van der Waals surface area contributed by atoms with Gasteiger partial charge in [-0.05, 0) is 38.0 Å². The fraction of sp³-hybridized carbons (Fsp3) is 0.833. The Labute approximate surface area is 87.9 Å². The number of nitrogens with two attached hydrogens (primary N) is 1. The molecule has 0 saturated heterocycles. The number of hydrogen-bond donors (Lipinski definition) is 2. The lowest BCUT2D eigenvalue weighted by Crippen LogP contribution is -2.43. The highest BCUT2D eigenvalue weighted by atomic mass is 15.2. The van der Waals surface area contributed by atoms with Crippen LogP contribution in [0.15, 0.2) is 11.6 Å². The average Bonchev–Trinajstić information content (AvgIpc) is 2.41. The van der Waals surface area contributed by atoms with Gasteiger partial charge in [0, 0.05) is 6.04 Å². The normalized spacial score (nSPS) is 27.4. The third-order valence-electron chi connectivity index (χ3n) is 3.48. The summed E-state index contributed by atoms with van der Waals surface area (Å²) in [5, 5.41) is 0. The number of hydrazine groups is 1. The zero-order valence-corrected chi connectivity index (χ0v) is 9.93. The van der Waals surface area contributed by atoms with E-state index in [0.717, 1.165) is 0 Å². The van der Waals surface area contributed by atoms with E-state index in [0.29, 0.717) is 17.4 Å². The predicted molar refractivity (Wildman–Crippen MR) is 61.7 cm³/mol. The predicted octanol–water partition coefficient (Wildman–Crippen LogP) is 2.61. The van der Waals surface area contributed by atoms with Crippen molar-refractivity contribution in [2.24, 2.45) is 17.2 Å². The van der Waals surface area contributed by atoms with Gasteiger partial charge in [-0.25, -0.2) is 0 Å². The minimum absolute atomic E-state index is 0.345. The van der Waals surface area contributed by atoms with Crippen LogP contribution in [0.5, 0.6) is 0 Å². The maximum Gasteiger partial charge on any atom is 0.0426 e. The first kappa shape index (κ1) is 11.7. The van der Waals surface area contributed by atoms with Crippen LogP contribution in [0.2, 0.25) is 0 Å². The van der Waals surface area contributed by atoms with Crippen molar-refractivity contribution in [1.29, 1.82) is 0 Å². The molecule has 0 bridgehead atoms. The first-order chi connectivity index (χ1) is 6.47. The van der Waals surface area contributed by atoms with Crippen LogP contribution in [0.4, 0.5) is 0 Å². The topological polar surface area (TPSA) is 38.0 Å². The zero-order chi connectivity index (χ0) is 10.8. The minimum Gasteiger partial charge on any atom is -0.271 e. The summed E-state index contributed by atoms with van der Waals surface area (Å²) < 4.78 is 0. The van der Waals surface area contributed by atoms with Gasteiger partial charge in [-0.3, -0.25) is 11.3 Å². The molecule has 2 unspecified atom stereocenters. The molecule has 1 fully saturated rings. The van der Waals surface area contributed by atoms with Gasteiger partial charge in [-0.2, -0.15) is 0 Å². The molecule has 0 aromatic heterocycles. The van der Waals surface area contributed by atoms with Gasteiger partial charge in [0.25, 0.3) is 0 Å². The van der Waals surface area contributed by atoms with E-state index in [9.17, 15) is 0 Å². The van der Waals surface area contributed by atoms with Gasteiger partial charge >= 0.3 is 0 Å². The highest BCUT2D eigenvalue weighted by molar-refractivity contribution is 5.06. The van der Waals surface area contributed by atoms with Crippen LogP contribution in [-0.2, 0) is 0 Å². The Balaban J connectivity index is 2.74. The molecule has 0 amide bonds. The second kappa shape index (κ2) is 4.45. The summed E-state index contributed by atoms with van der Waals surface area (Å²) in [6.45, 7) is 8.97. The van der Waals surface area contributed by atoms with Crippen LogP contribution < -0.4 is 11.3 Å². The Bertz CT molecular complexity index is 214. The van der Waals surface area contributed by atoms with Crippen LogP contribution in [0.3, 0.4) is 0 Å². The Morgan fingerprint density at radius 1 is 1.50 bits per heavy atom. The van der Waals surface area contributed by atoms with E-state index in [1.54, 1.807) is 0 Å². The molecule has 0 spiro atoms. The first-order valence-corrected chi connectivity index (χ1v) is 5.58. The van der Waals surface area contributed by atoms with Gasteiger partial charge in [0.2, 0.25) is 0 Å². The number of rotatable bonds is 3. The highest BCUT2D eigenvalue weighted by Crippen LogP contribution is 2.44. The lowest BCUT2D eigenvalue weighted by Gasteiger charge is -2.32. The molecule has 2 nitrogen and oxygen atoms in total. The standard InChI is InChI=1S/C12H24N2/c1-9(2)8-11(14-13)10-6-5-7-12(10,3)4/h8,10-11,14H,5-7,13H2,1-4H3. The molecule has 82 valence electrons. The van der Waals surface area contributed by atoms with E-state index in [1.165, 1.54) is 24.8 Å². The maximum atomic E-state index is 5.63. The number of allylic oxidation sites excluding steroid dienone is 1. The molecule has 0 radical (unpaired) electrons. The van der Waals surface area contributed by atoms with Gasteiger partial charge < -0.3 is 0 Å². The van der Waals surface area contributed by atoms with Crippen molar-refractivity contribution in [1.82, 2.24) is 5.43 Å². The third-order valence-corrected chi connectivity index (χ3v) is 3.48.